The van der Waals surface area contributed by atoms with E-state index in [2.05, 4.69) is 4.98 Å². The Morgan fingerprint density at radius 3 is 2.83 bits per heavy atom. The first-order valence-corrected chi connectivity index (χ1v) is 8.15. The molecule has 1 aromatic heterocycles. The van der Waals surface area contributed by atoms with Crippen LogP contribution in [0.5, 0.6) is 0 Å². The van der Waals surface area contributed by atoms with Crippen molar-refractivity contribution in [1.82, 2.24) is 9.71 Å². The molecule has 1 saturated heterocycles. The Kier molecular flexibility index (Phi) is 5.02. The molecule has 0 aliphatic carbocycles. The van der Waals surface area contributed by atoms with E-state index >= 15 is 0 Å². The average Bonchev–Trinajstić information content (AvgIpc) is 3.03. The Morgan fingerprint density at radius 2 is 2.08 bits per heavy atom. The van der Waals surface area contributed by atoms with E-state index in [4.69, 9.17) is 14.3 Å². The molecule has 2 aromatic rings. The fraction of sp³-hybridized carbons (Fsp3) is 0.267. The second-order valence-corrected chi connectivity index (χ2v) is 6.03. The van der Waals surface area contributed by atoms with Crippen LogP contribution in [-0.4, -0.2) is 39.8 Å². The molecule has 2 atom stereocenters. The SMILES string of the molecule is O=C(OCC1OC(On2ccc(=O)[nH]c2=O)CS1)c1ccccc1. The van der Waals surface area contributed by atoms with E-state index in [9.17, 15) is 14.4 Å². The van der Waals surface area contributed by atoms with Gasteiger partial charge in [-0.15, -0.1) is 16.5 Å². The van der Waals surface area contributed by atoms with Crippen molar-refractivity contribution in [1.29, 1.82) is 0 Å². The second kappa shape index (κ2) is 7.37. The summed E-state index contributed by atoms with van der Waals surface area (Å²) in [5.41, 5.74) is -1.11. The van der Waals surface area contributed by atoms with E-state index in [1.54, 1.807) is 24.3 Å². The van der Waals surface area contributed by atoms with Gasteiger partial charge in [0.15, 0.2) is 0 Å². The number of carbonyl (C=O) groups is 1. The molecule has 1 N–H and O–H groups in total. The minimum Gasteiger partial charge on any atom is -0.458 e. The number of ether oxygens (including phenoxy) is 2. The molecule has 9 heteroatoms. The molecule has 0 radical (unpaired) electrons. The van der Waals surface area contributed by atoms with Gasteiger partial charge < -0.3 is 14.3 Å². The number of aromatic nitrogens is 2. The summed E-state index contributed by atoms with van der Waals surface area (Å²) in [6.45, 7) is 0.0682. The number of carbonyl (C=O) groups excluding carboxylic acids is 1. The predicted octanol–water partition coefficient (Wildman–Crippen LogP) is 0.238. The van der Waals surface area contributed by atoms with Gasteiger partial charge in [0, 0.05) is 6.07 Å². The van der Waals surface area contributed by atoms with Gasteiger partial charge in [0.1, 0.15) is 12.0 Å². The first-order chi connectivity index (χ1) is 11.6. The average molecular weight is 350 g/mol. The van der Waals surface area contributed by atoms with Gasteiger partial charge >= 0.3 is 11.7 Å². The van der Waals surface area contributed by atoms with Crippen molar-refractivity contribution in [3.8, 4) is 0 Å². The smallest absolute Gasteiger partial charge is 0.361 e. The Bertz CT molecular complexity index is 818. The van der Waals surface area contributed by atoms with Crippen molar-refractivity contribution in [2.45, 2.75) is 11.7 Å². The first-order valence-electron chi connectivity index (χ1n) is 7.10. The van der Waals surface area contributed by atoms with Crippen LogP contribution in [0.15, 0.2) is 52.2 Å². The number of hydrogen-bond donors (Lipinski definition) is 1. The van der Waals surface area contributed by atoms with E-state index in [0.717, 1.165) is 4.73 Å². The minimum absolute atomic E-state index is 0.0682. The molecule has 1 aliphatic rings. The van der Waals surface area contributed by atoms with Crippen molar-refractivity contribution >= 4 is 17.7 Å². The lowest BCUT2D eigenvalue weighted by atomic mass is 10.2. The molecule has 0 saturated carbocycles. The van der Waals surface area contributed by atoms with Crippen LogP contribution in [0.4, 0.5) is 0 Å². The molecule has 24 heavy (non-hydrogen) atoms. The van der Waals surface area contributed by atoms with E-state index in [-0.39, 0.29) is 12.0 Å². The molecule has 0 bridgehead atoms. The topological polar surface area (TPSA) is 99.6 Å². The van der Waals surface area contributed by atoms with Gasteiger partial charge in [0.25, 0.3) is 5.56 Å². The fourth-order valence-corrected chi connectivity index (χ4v) is 2.87. The predicted molar refractivity (Wildman–Crippen MR) is 85.7 cm³/mol. The lowest BCUT2D eigenvalue weighted by Crippen LogP contribution is -2.38. The summed E-state index contributed by atoms with van der Waals surface area (Å²) < 4.78 is 11.6. The quantitative estimate of drug-likeness (QED) is 0.771. The third-order valence-corrected chi connectivity index (χ3v) is 4.19. The van der Waals surface area contributed by atoms with Gasteiger partial charge in [-0.25, -0.2) is 9.59 Å². The minimum atomic E-state index is -0.685. The number of hydrogen-bond acceptors (Lipinski definition) is 7. The van der Waals surface area contributed by atoms with Crippen LogP contribution in [0.2, 0.25) is 0 Å². The number of aromatic amines is 1. The molecule has 2 unspecified atom stereocenters. The molecule has 1 fully saturated rings. The van der Waals surface area contributed by atoms with Crippen LogP contribution >= 0.6 is 11.8 Å². The highest BCUT2D eigenvalue weighted by molar-refractivity contribution is 8.00. The summed E-state index contributed by atoms with van der Waals surface area (Å²) >= 11 is 1.40. The summed E-state index contributed by atoms with van der Waals surface area (Å²) in [5, 5.41) is 0. The zero-order chi connectivity index (χ0) is 16.9. The van der Waals surface area contributed by atoms with Crippen LogP contribution in [0.1, 0.15) is 10.4 Å². The highest BCUT2D eigenvalue weighted by Gasteiger charge is 2.29. The van der Waals surface area contributed by atoms with Crippen LogP contribution < -0.4 is 16.1 Å². The lowest BCUT2D eigenvalue weighted by molar-refractivity contribution is -0.138. The van der Waals surface area contributed by atoms with E-state index in [1.165, 1.54) is 24.0 Å². The third kappa shape index (κ3) is 4.06. The highest BCUT2D eigenvalue weighted by atomic mass is 32.2. The number of benzene rings is 1. The number of nitrogens with zero attached hydrogens (tertiary/aromatic N) is 1. The van der Waals surface area contributed by atoms with Crippen molar-refractivity contribution in [3.63, 3.8) is 0 Å². The maximum absolute atomic E-state index is 11.9. The molecule has 3 rings (SSSR count). The van der Waals surface area contributed by atoms with Gasteiger partial charge in [-0.05, 0) is 12.1 Å². The van der Waals surface area contributed by atoms with Gasteiger partial charge in [-0.2, -0.15) is 0 Å². The molecule has 1 aromatic carbocycles. The summed E-state index contributed by atoms with van der Waals surface area (Å²) in [7, 11) is 0. The number of esters is 1. The van der Waals surface area contributed by atoms with Crippen LogP contribution in [0.25, 0.3) is 0 Å². The van der Waals surface area contributed by atoms with Crippen molar-refractivity contribution in [2.24, 2.45) is 0 Å². The Hall–Kier alpha value is -2.52. The van der Waals surface area contributed by atoms with Gasteiger partial charge in [0.2, 0.25) is 6.29 Å². The summed E-state index contributed by atoms with van der Waals surface area (Å²) in [5.74, 6) is 0.0279. The van der Waals surface area contributed by atoms with Crippen LogP contribution in [0, 0.1) is 0 Å². The monoisotopic (exact) mass is 350 g/mol. The number of rotatable bonds is 5. The van der Waals surface area contributed by atoms with E-state index in [1.807, 2.05) is 6.07 Å². The van der Waals surface area contributed by atoms with Crippen LogP contribution in [0.3, 0.4) is 0 Å². The maximum Gasteiger partial charge on any atom is 0.361 e. The Labute approximate surface area is 140 Å². The normalized spacial score (nSPS) is 19.8. The largest absolute Gasteiger partial charge is 0.458 e. The van der Waals surface area contributed by atoms with Crippen LogP contribution in [-0.2, 0) is 9.47 Å². The number of H-pyrrole nitrogens is 1. The highest BCUT2D eigenvalue weighted by Crippen LogP contribution is 2.25. The van der Waals surface area contributed by atoms with Crippen molar-refractivity contribution in [3.05, 3.63) is 69.0 Å². The molecule has 2 heterocycles. The van der Waals surface area contributed by atoms with Gasteiger partial charge in [0.05, 0.1) is 17.5 Å². The molecule has 1 aliphatic heterocycles. The third-order valence-electron chi connectivity index (χ3n) is 3.10. The maximum atomic E-state index is 11.9. The fourth-order valence-electron chi connectivity index (χ4n) is 1.99. The molecule has 126 valence electrons. The molecule has 0 amide bonds. The lowest BCUT2D eigenvalue weighted by Gasteiger charge is -2.14. The molecule has 0 spiro atoms. The van der Waals surface area contributed by atoms with E-state index < -0.39 is 23.5 Å². The van der Waals surface area contributed by atoms with Crippen molar-refractivity contribution < 1.29 is 19.1 Å². The summed E-state index contributed by atoms with van der Waals surface area (Å²) in [6, 6.07) is 9.82. The number of thioether (sulfide) groups is 1. The standard InChI is InChI=1S/C15H14N2O6S/c18-11-6-7-17(15(20)16-11)23-12-9-24-13(22-12)8-21-14(19)10-4-2-1-3-5-10/h1-7,12-13H,8-9H2,(H,16,18,20). The molecular formula is C15H14N2O6S. The van der Waals surface area contributed by atoms with Gasteiger partial charge in [-0.1, -0.05) is 18.2 Å². The summed E-state index contributed by atoms with van der Waals surface area (Å²) in [4.78, 5) is 41.8. The zero-order valence-electron chi connectivity index (χ0n) is 12.4. The molecular weight excluding hydrogens is 336 g/mol. The van der Waals surface area contributed by atoms with Crippen molar-refractivity contribution in [2.75, 3.05) is 12.4 Å². The summed E-state index contributed by atoms with van der Waals surface area (Å²) in [6.07, 6.45) is 0.539. The first kappa shape index (κ1) is 16.3. The Morgan fingerprint density at radius 1 is 1.29 bits per heavy atom. The number of nitrogens with one attached hydrogen (secondary N) is 1. The Balaban J connectivity index is 1.50. The van der Waals surface area contributed by atoms with E-state index in [0.29, 0.717) is 11.3 Å². The molecule has 8 nitrogen and oxygen atoms in total. The second-order valence-electron chi connectivity index (χ2n) is 4.83. The zero-order valence-corrected chi connectivity index (χ0v) is 13.2. The van der Waals surface area contributed by atoms with Gasteiger partial charge in [-0.3, -0.25) is 9.78 Å².